The quantitative estimate of drug-likeness (QED) is 0.631. The highest BCUT2D eigenvalue weighted by Gasteiger charge is 2.15. The molecule has 0 spiro atoms. The lowest BCUT2D eigenvalue weighted by atomic mass is 10.3. The number of hydrogen-bond donors (Lipinski definition) is 2. The molecular formula is C13H16N4O2S. The zero-order chi connectivity index (χ0) is 14.5. The molecule has 0 unspecified atom stereocenters. The lowest BCUT2D eigenvalue weighted by Gasteiger charge is -2.07. The fourth-order valence-corrected chi connectivity index (χ4v) is 2.64. The van der Waals surface area contributed by atoms with E-state index in [4.69, 9.17) is 0 Å². The van der Waals surface area contributed by atoms with Crippen LogP contribution in [0.3, 0.4) is 0 Å². The summed E-state index contributed by atoms with van der Waals surface area (Å²) in [5, 5.41) is 16.9. The second kappa shape index (κ2) is 6.33. The summed E-state index contributed by atoms with van der Waals surface area (Å²) in [7, 11) is 1.73. The third-order valence-corrected chi connectivity index (χ3v) is 4.05. The molecule has 0 saturated carbocycles. The first-order valence-electron chi connectivity index (χ1n) is 6.28. The average Bonchev–Trinajstić information content (AvgIpc) is 2.92. The number of aromatic nitrogens is 1. The molecule has 0 fully saturated rings. The maximum Gasteiger partial charge on any atom is 0.311 e. The molecule has 0 amide bonds. The summed E-state index contributed by atoms with van der Waals surface area (Å²) >= 11 is 1.70. The lowest BCUT2D eigenvalue weighted by molar-refractivity contribution is -0.384. The van der Waals surface area contributed by atoms with E-state index in [0.717, 1.165) is 11.3 Å². The van der Waals surface area contributed by atoms with Crippen molar-refractivity contribution in [1.29, 1.82) is 0 Å². The highest BCUT2D eigenvalue weighted by atomic mass is 32.1. The maximum absolute atomic E-state index is 11.0. The topological polar surface area (TPSA) is 80.1 Å². The van der Waals surface area contributed by atoms with E-state index in [1.54, 1.807) is 24.5 Å². The van der Waals surface area contributed by atoms with Crippen LogP contribution in [0, 0.1) is 10.1 Å². The van der Waals surface area contributed by atoms with Crippen LogP contribution in [-0.2, 0) is 13.0 Å². The van der Waals surface area contributed by atoms with Gasteiger partial charge >= 0.3 is 5.69 Å². The van der Waals surface area contributed by atoms with E-state index in [1.807, 2.05) is 6.07 Å². The first-order chi connectivity index (χ1) is 9.63. The minimum absolute atomic E-state index is 0.0173. The Labute approximate surface area is 121 Å². The van der Waals surface area contributed by atoms with Crippen molar-refractivity contribution >= 4 is 28.7 Å². The fraction of sp³-hybridized carbons (Fsp3) is 0.308. The summed E-state index contributed by atoms with van der Waals surface area (Å²) in [6, 6.07) is 7.15. The zero-order valence-electron chi connectivity index (χ0n) is 11.3. The number of anilines is 2. The van der Waals surface area contributed by atoms with Gasteiger partial charge in [0.25, 0.3) is 0 Å². The van der Waals surface area contributed by atoms with E-state index in [1.165, 1.54) is 10.9 Å². The van der Waals surface area contributed by atoms with Crippen LogP contribution < -0.4 is 10.6 Å². The van der Waals surface area contributed by atoms with E-state index in [2.05, 4.69) is 28.6 Å². The van der Waals surface area contributed by atoms with Crippen molar-refractivity contribution in [2.75, 3.05) is 17.7 Å². The van der Waals surface area contributed by atoms with Crippen molar-refractivity contribution in [3.63, 3.8) is 0 Å². The summed E-state index contributed by atoms with van der Waals surface area (Å²) in [5.41, 5.74) is -0.0173. The van der Waals surface area contributed by atoms with Gasteiger partial charge < -0.3 is 10.6 Å². The molecule has 6 nitrogen and oxygen atoms in total. The second-order valence-corrected chi connectivity index (χ2v) is 5.40. The predicted molar refractivity (Wildman–Crippen MR) is 81.5 cm³/mol. The van der Waals surface area contributed by atoms with Gasteiger partial charge in [-0.25, -0.2) is 4.98 Å². The van der Waals surface area contributed by atoms with Crippen molar-refractivity contribution in [3.05, 3.63) is 44.1 Å². The van der Waals surface area contributed by atoms with Gasteiger partial charge in [-0.05, 0) is 24.6 Å². The number of rotatable bonds is 6. The number of hydrogen-bond acceptors (Lipinski definition) is 6. The lowest BCUT2D eigenvalue weighted by Crippen LogP contribution is -2.05. The summed E-state index contributed by atoms with van der Waals surface area (Å²) in [5.74, 6) is 0.881. The number of nitro groups is 1. The molecular weight excluding hydrogens is 276 g/mol. The smallest absolute Gasteiger partial charge is 0.311 e. The van der Waals surface area contributed by atoms with Gasteiger partial charge in [0.1, 0.15) is 5.82 Å². The van der Waals surface area contributed by atoms with E-state index in [9.17, 15) is 10.1 Å². The third kappa shape index (κ3) is 3.24. The molecule has 2 aromatic rings. The Balaban J connectivity index is 2.16. The van der Waals surface area contributed by atoms with Crippen molar-refractivity contribution in [2.45, 2.75) is 19.9 Å². The maximum atomic E-state index is 11.0. The van der Waals surface area contributed by atoms with Crippen molar-refractivity contribution in [3.8, 4) is 0 Å². The standard InChI is InChI=1S/C13H16N4O2S/c1-3-9-4-5-10(20-9)8-15-13-11(17(18)19)6-7-12(14-2)16-13/h4-7H,3,8H2,1-2H3,(H2,14,15,16). The first kappa shape index (κ1) is 14.3. The summed E-state index contributed by atoms with van der Waals surface area (Å²) in [6.45, 7) is 2.64. The van der Waals surface area contributed by atoms with Crippen molar-refractivity contribution < 1.29 is 4.92 Å². The normalized spacial score (nSPS) is 10.3. The van der Waals surface area contributed by atoms with Crippen LogP contribution >= 0.6 is 11.3 Å². The number of thiophene rings is 1. The molecule has 0 aliphatic rings. The van der Waals surface area contributed by atoms with Crippen LogP contribution in [0.25, 0.3) is 0 Å². The van der Waals surface area contributed by atoms with Crippen LogP contribution in [-0.4, -0.2) is 17.0 Å². The van der Waals surface area contributed by atoms with Crippen LogP contribution in [0.1, 0.15) is 16.7 Å². The van der Waals surface area contributed by atoms with E-state index in [0.29, 0.717) is 12.4 Å². The Morgan fingerprint density at radius 2 is 2.05 bits per heavy atom. The predicted octanol–water partition coefficient (Wildman–Crippen LogP) is 3.27. The Bertz CT molecular complexity index is 612. The Morgan fingerprint density at radius 3 is 2.65 bits per heavy atom. The zero-order valence-corrected chi connectivity index (χ0v) is 12.2. The van der Waals surface area contributed by atoms with E-state index in [-0.39, 0.29) is 11.5 Å². The van der Waals surface area contributed by atoms with Gasteiger partial charge in [0.05, 0.1) is 11.5 Å². The minimum atomic E-state index is -0.430. The molecule has 20 heavy (non-hydrogen) atoms. The molecule has 0 radical (unpaired) electrons. The van der Waals surface area contributed by atoms with Gasteiger partial charge in [-0.15, -0.1) is 11.3 Å². The van der Waals surface area contributed by atoms with Gasteiger partial charge in [0.15, 0.2) is 0 Å². The number of nitrogens with one attached hydrogen (secondary N) is 2. The fourth-order valence-electron chi connectivity index (χ4n) is 1.75. The molecule has 7 heteroatoms. The molecule has 0 aliphatic heterocycles. The molecule has 0 bridgehead atoms. The van der Waals surface area contributed by atoms with E-state index < -0.39 is 4.92 Å². The van der Waals surface area contributed by atoms with Crippen LogP contribution in [0.2, 0.25) is 0 Å². The Morgan fingerprint density at radius 1 is 1.30 bits per heavy atom. The third-order valence-electron chi connectivity index (χ3n) is 2.82. The Kier molecular flexibility index (Phi) is 4.52. The van der Waals surface area contributed by atoms with Gasteiger partial charge in [-0.1, -0.05) is 6.92 Å². The first-order valence-corrected chi connectivity index (χ1v) is 7.10. The molecule has 2 heterocycles. The monoisotopic (exact) mass is 292 g/mol. The molecule has 106 valence electrons. The largest absolute Gasteiger partial charge is 0.373 e. The molecule has 0 atom stereocenters. The number of pyridine rings is 1. The minimum Gasteiger partial charge on any atom is -0.373 e. The SMILES string of the molecule is CCc1ccc(CNc2nc(NC)ccc2[N+](=O)[O-])s1. The van der Waals surface area contributed by atoms with Crippen LogP contribution in [0.15, 0.2) is 24.3 Å². The average molecular weight is 292 g/mol. The summed E-state index contributed by atoms with van der Waals surface area (Å²) in [6.07, 6.45) is 0.998. The Hall–Kier alpha value is -2.15. The van der Waals surface area contributed by atoms with E-state index >= 15 is 0 Å². The molecule has 0 saturated heterocycles. The van der Waals surface area contributed by atoms with Crippen LogP contribution in [0.4, 0.5) is 17.3 Å². The highest BCUT2D eigenvalue weighted by molar-refractivity contribution is 7.12. The molecule has 0 aromatic carbocycles. The molecule has 2 aromatic heterocycles. The van der Waals surface area contributed by atoms with Gasteiger partial charge in [0, 0.05) is 22.9 Å². The number of aryl methyl sites for hydroxylation is 1. The number of nitrogens with zero attached hydrogens (tertiary/aromatic N) is 2. The second-order valence-electron chi connectivity index (χ2n) is 4.15. The van der Waals surface area contributed by atoms with Crippen molar-refractivity contribution in [1.82, 2.24) is 4.98 Å². The summed E-state index contributed by atoms with van der Waals surface area (Å²) < 4.78 is 0. The van der Waals surface area contributed by atoms with Crippen LogP contribution in [0.5, 0.6) is 0 Å². The molecule has 0 aliphatic carbocycles. The highest BCUT2D eigenvalue weighted by Crippen LogP contribution is 2.25. The van der Waals surface area contributed by atoms with Gasteiger partial charge in [0.2, 0.25) is 5.82 Å². The molecule has 2 rings (SSSR count). The van der Waals surface area contributed by atoms with Crippen molar-refractivity contribution in [2.24, 2.45) is 0 Å². The van der Waals surface area contributed by atoms with Gasteiger partial charge in [-0.2, -0.15) is 0 Å². The van der Waals surface area contributed by atoms with Gasteiger partial charge in [-0.3, -0.25) is 10.1 Å². The molecule has 2 N–H and O–H groups in total. The summed E-state index contributed by atoms with van der Waals surface area (Å²) in [4.78, 5) is 17.2.